The van der Waals surface area contributed by atoms with Gasteiger partial charge in [0.25, 0.3) is 0 Å². The molecule has 1 aliphatic carbocycles. The lowest BCUT2D eigenvalue weighted by molar-refractivity contribution is 0.360. The number of nitriles is 1. The molecule has 0 saturated heterocycles. The topological polar surface area (TPSA) is 80.9 Å². The van der Waals surface area contributed by atoms with E-state index in [-0.39, 0.29) is 0 Å². The highest BCUT2D eigenvalue weighted by Gasteiger charge is 2.48. The maximum absolute atomic E-state index is 9.59. The van der Waals surface area contributed by atoms with Crippen molar-refractivity contribution in [3.8, 4) is 96.6 Å². The average Bonchev–Trinajstić information content (AvgIpc) is 3.70. The molecule has 1 aromatic heterocycles. The van der Waals surface area contributed by atoms with Crippen molar-refractivity contribution in [3.05, 3.63) is 246 Å². The normalized spacial score (nSPS) is 12.7. The Balaban J connectivity index is 0.975. The first kappa shape index (κ1) is 37.8. The SMILES string of the molecule is N#Cc1cccc(-c2cccc(-c3nc(-c4ccccc4)nc(-c4ccccc4-c4ccc5c(c4)Oc4c(ccc6c4-c4ccccc4C6(c4ccccc4)c4ccccc4)O5)n3)c2)c1. The van der Waals surface area contributed by atoms with E-state index in [9.17, 15) is 5.26 Å². The van der Waals surface area contributed by atoms with E-state index in [1.54, 1.807) is 0 Å². The predicted octanol–water partition coefficient (Wildman–Crippen LogP) is 14.3. The van der Waals surface area contributed by atoms with Gasteiger partial charge in [0.2, 0.25) is 0 Å². The second-order valence-electron chi connectivity index (χ2n) is 16.2. The van der Waals surface area contributed by atoms with E-state index in [0.29, 0.717) is 46.0 Å². The van der Waals surface area contributed by atoms with Crippen molar-refractivity contribution < 1.29 is 9.47 Å². The van der Waals surface area contributed by atoms with Gasteiger partial charge in [-0.05, 0) is 86.5 Å². The first-order valence-corrected chi connectivity index (χ1v) is 21.6. The fraction of sp³-hybridized carbons (Fsp3) is 0.0169. The van der Waals surface area contributed by atoms with Crippen molar-refractivity contribution >= 4 is 0 Å². The lowest BCUT2D eigenvalue weighted by Crippen LogP contribution is -2.28. The van der Waals surface area contributed by atoms with Gasteiger partial charge in [0.1, 0.15) is 0 Å². The first-order chi connectivity index (χ1) is 32.2. The molecule has 0 N–H and O–H groups in total. The van der Waals surface area contributed by atoms with Crippen LogP contribution in [0.3, 0.4) is 0 Å². The van der Waals surface area contributed by atoms with Crippen LogP contribution in [0.1, 0.15) is 27.8 Å². The number of hydrogen-bond acceptors (Lipinski definition) is 6. The summed E-state index contributed by atoms with van der Waals surface area (Å²) in [6, 6.07) is 76.6. The fourth-order valence-electron chi connectivity index (χ4n) is 9.61. The molecule has 0 fully saturated rings. The minimum atomic E-state index is -0.570. The Morgan fingerprint density at radius 1 is 0.369 bits per heavy atom. The van der Waals surface area contributed by atoms with Gasteiger partial charge in [0.05, 0.1) is 17.0 Å². The van der Waals surface area contributed by atoms with Gasteiger partial charge in [-0.25, -0.2) is 15.0 Å². The van der Waals surface area contributed by atoms with Crippen LogP contribution in [-0.2, 0) is 5.41 Å². The zero-order valence-electron chi connectivity index (χ0n) is 34.9. The third kappa shape index (κ3) is 6.29. The average molecular weight is 833 g/mol. The van der Waals surface area contributed by atoms with Crippen molar-refractivity contribution in [2.75, 3.05) is 0 Å². The van der Waals surface area contributed by atoms with Crippen LogP contribution in [0, 0.1) is 11.3 Å². The summed E-state index contributed by atoms with van der Waals surface area (Å²) in [5, 5.41) is 9.59. The molecule has 0 bridgehead atoms. The second-order valence-corrected chi connectivity index (χ2v) is 16.2. The summed E-state index contributed by atoms with van der Waals surface area (Å²) < 4.78 is 13.8. The molecular weight excluding hydrogens is 797 g/mol. The highest BCUT2D eigenvalue weighted by molar-refractivity contribution is 5.92. The highest BCUT2D eigenvalue weighted by atomic mass is 16.6. The molecular formula is C59H36N4O2. The van der Waals surface area contributed by atoms with Gasteiger partial charge in [0, 0.05) is 22.3 Å². The molecule has 9 aromatic carbocycles. The van der Waals surface area contributed by atoms with Crippen LogP contribution >= 0.6 is 0 Å². The minimum absolute atomic E-state index is 0.536. The lowest BCUT2D eigenvalue weighted by Gasteiger charge is -2.34. The molecule has 6 heteroatoms. The summed E-state index contributed by atoms with van der Waals surface area (Å²) in [4.78, 5) is 15.3. The molecule has 304 valence electrons. The minimum Gasteiger partial charge on any atom is -0.449 e. The Kier molecular flexibility index (Phi) is 8.99. The molecule has 65 heavy (non-hydrogen) atoms. The van der Waals surface area contributed by atoms with Crippen LogP contribution in [0.5, 0.6) is 23.0 Å². The third-order valence-corrected chi connectivity index (χ3v) is 12.5. The van der Waals surface area contributed by atoms with Crippen molar-refractivity contribution in [3.63, 3.8) is 0 Å². The smallest absolute Gasteiger partial charge is 0.178 e. The van der Waals surface area contributed by atoms with Crippen LogP contribution in [0.4, 0.5) is 0 Å². The van der Waals surface area contributed by atoms with E-state index < -0.39 is 5.41 Å². The van der Waals surface area contributed by atoms with E-state index in [1.165, 1.54) is 16.7 Å². The number of benzene rings is 9. The molecule has 1 aliphatic heterocycles. The fourth-order valence-corrected chi connectivity index (χ4v) is 9.61. The van der Waals surface area contributed by atoms with Gasteiger partial charge < -0.3 is 9.47 Å². The van der Waals surface area contributed by atoms with E-state index in [2.05, 4.69) is 133 Å². The van der Waals surface area contributed by atoms with Crippen molar-refractivity contribution in [1.82, 2.24) is 15.0 Å². The molecule has 12 rings (SSSR count). The standard InChI is InChI=1S/C59H36N4O2/c60-37-38-16-14-19-40(34-38)41-20-15-21-43(35-41)57-61-56(39-17-4-1-5-18-39)62-58(63-57)47-27-11-10-26-46(47)42-30-32-51-53(36-42)65-55-52(64-51)33-31-50-54(55)48-28-12-13-29-49(48)59(50,44-22-6-2-7-23-44)45-24-8-3-9-25-45/h1-36H. The first-order valence-electron chi connectivity index (χ1n) is 21.6. The zero-order valence-corrected chi connectivity index (χ0v) is 34.9. The molecule has 0 amide bonds. The maximum atomic E-state index is 9.59. The van der Waals surface area contributed by atoms with E-state index in [4.69, 9.17) is 24.4 Å². The number of rotatable bonds is 7. The van der Waals surface area contributed by atoms with Crippen molar-refractivity contribution in [2.24, 2.45) is 0 Å². The van der Waals surface area contributed by atoms with Gasteiger partial charge in [-0.15, -0.1) is 0 Å². The van der Waals surface area contributed by atoms with E-state index in [0.717, 1.165) is 55.6 Å². The van der Waals surface area contributed by atoms with E-state index >= 15 is 0 Å². The summed E-state index contributed by atoms with van der Waals surface area (Å²) in [6.07, 6.45) is 0. The van der Waals surface area contributed by atoms with Gasteiger partial charge in [-0.2, -0.15) is 5.26 Å². The van der Waals surface area contributed by atoms with Crippen LogP contribution in [-0.4, -0.2) is 15.0 Å². The summed E-state index contributed by atoms with van der Waals surface area (Å²) >= 11 is 0. The third-order valence-electron chi connectivity index (χ3n) is 12.5. The highest BCUT2D eigenvalue weighted by Crippen LogP contribution is 2.62. The Labute approximate surface area is 376 Å². The summed E-state index contributed by atoms with van der Waals surface area (Å²) in [7, 11) is 0. The molecule has 0 atom stereocenters. The number of aromatic nitrogens is 3. The predicted molar refractivity (Wildman–Crippen MR) is 256 cm³/mol. The molecule has 0 saturated carbocycles. The van der Waals surface area contributed by atoms with Crippen molar-refractivity contribution in [1.29, 1.82) is 5.26 Å². The molecule has 0 spiro atoms. The maximum Gasteiger partial charge on any atom is 0.178 e. The summed E-state index contributed by atoms with van der Waals surface area (Å²) in [5.74, 6) is 4.25. The molecule has 0 radical (unpaired) electrons. The molecule has 0 unspecified atom stereocenters. The van der Waals surface area contributed by atoms with Crippen LogP contribution in [0.15, 0.2) is 218 Å². The quantitative estimate of drug-likeness (QED) is 0.159. The van der Waals surface area contributed by atoms with Gasteiger partial charge in [0.15, 0.2) is 40.5 Å². The summed E-state index contributed by atoms with van der Waals surface area (Å²) in [5.41, 5.74) is 13.2. The Hall–Kier alpha value is -8.92. The monoisotopic (exact) mass is 832 g/mol. The Bertz CT molecular complexity index is 3470. The molecule has 10 aromatic rings. The number of hydrogen-bond donors (Lipinski definition) is 0. The zero-order chi connectivity index (χ0) is 43.3. The van der Waals surface area contributed by atoms with Gasteiger partial charge in [-0.1, -0.05) is 182 Å². The molecule has 2 heterocycles. The number of ether oxygens (including phenoxy) is 2. The summed E-state index contributed by atoms with van der Waals surface area (Å²) in [6.45, 7) is 0. The lowest BCUT2D eigenvalue weighted by atomic mass is 9.68. The number of nitrogens with zero attached hydrogens (tertiary/aromatic N) is 4. The van der Waals surface area contributed by atoms with Crippen LogP contribution < -0.4 is 9.47 Å². The molecule has 2 aliphatic rings. The largest absolute Gasteiger partial charge is 0.449 e. The Morgan fingerprint density at radius 2 is 0.938 bits per heavy atom. The number of fused-ring (bicyclic) bond motifs is 6. The Morgan fingerprint density at radius 3 is 1.68 bits per heavy atom. The van der Waals surface area contributed by atoms with Gasteiger partial charge in [-0.3, -0.25) is 0 Å². The molecule has 6 nitrogen and oxygen atoms in total. The van der Waals surface area contributed by atoms with E-state index in [1.807, 2.05) is 91.0 Å². The second kappa shape index (κ2) is 15.5. The van der Waals surface area contributed by atoms with Crippen LogP contribution in [0.2, 0.25) is 0 Å². The van der Waals surface area contributed by atoms with Crippen LogP contribution in [0.25, 0.3) is 67.5 Å². The van der Waals surface area contributed by atoms with Crippen molar-refractivity contribution in [2.45, 2.75) is 5.41 Å². The van der Waals surface area contributed by atoms with Gasteiger partial charge >= 0.3 is 0 Å².